The first-order chi connectivity index (χ1) is 12.6. The van der Waals surface area contributed by atoms with Crippen LogP contribution in [0.1, 0.15) is 43.1 Å². The van der Waals surface area contributed by atoms with Gasteiger partial charge in [0.05, 0.1) is 11.3 Å². The molecule has 0 heterocycles. The largest absolute Gasteiger partial charge is 0.481 e. The van der Waals surface area contributed by atoms with Gasteiger partial charge in [0, 0.05) is 6.54 Å². The Hall–Kier alpha value is -2.82. The summed E-state index contributed by atoms with van der Waals surface area (Å²) in [4.78, 5) is 24.8. The van der Waals surface area contributed by atoms with Crippen LogP contribution in [0.15, 0.2) is 48.5 Å². The lowest BCUT2D eigenvalue weighted by Gasteiger charge is -2.18. The number of hydrogen-bond acceptors (Lipinski definition) is 3. The van der Waals surface area contributed by atoms with E-state index in [4.69, 9.17) is 4.74 Å². The van der Waals surface area contributed by atoms with Crippen LogP contribution < -0.4 is 15.4 Å². The molecule has 0 bridgehead atoms. The average Bonchev–Trinajstić information content (AvgIpc) is 2.66. The van der Waals surface area contributed by atoms with Crippen LogP contribution in [0, 0.1) is 0 Å². The maximum atomic E-state index is 12.5. The molecule has 5 heteroatoms. The summed E-state index contributed by atoms with van der Waals surface area (Å²) in [6.45, 7) is 6.31. The minimum atomic E-state index is -0.686. The van der Waals surface area contributed by atoms with Crippen LogP contribution in [0.2, 0.25) is 0 Å². The second kappa shape index (κ2) is 9.61. The molecular formula is C21H26N2O3. The van der Waals surface area contributed by atoms with Gasteiger partial charge in [-0.15, -0.1) is 0 Å². The first-order valence-electron chi connectivity index (χ1n) is 8.99. The van der Waals surface area contributed by atoms with Crippen molar-refractivity contribution in [2.75, 3.05) is 11.9 Å². The highest BCUT2D eigenvalue weighted by Crippen LogP contribution is 2.21. The zero-order valence-electron chi connectivity index (χ0n) is 15.5. The minimum Gasteiger partial charge on any atom is -0.481 e. The van der Waals surface area contributed by atoms with E-state index in [2.05, 4.69) is 10.6 Å². The molecule has 0 aliphatic rings. The molecule has 2 amide bonds. The highest BCUT2D eigenvalue weighted by Gasteiger charge is 2.19. The fraction of sp³-hybridized carbons (Fsp3) is 0.333. The lowest BCUT2D eigenvalue weighted by atomic mass is 10.1. The maximum absolute atomic E-state index is 12.5. The van der Waals surface area contributed by atoms with Gasteiger partial charge in [-0.05, 0) is 43.5 Å². The Bertz CT molecular complexity index is 758. The third-order valence-electron chi connectivity index (χ3n) is 3.99. The second-order valence-corrected chi connectivity index (χ2v) is 6.01. The predicted octanol–water partition coefficient (Wildman–Crippen LogP) is 3.79. The molecule has 0 saturated carbocycles. The standard InChI is InChI=1S/C21H26N2O3/c1-4-14-22-21(25)17-11-7-8-12-18(17)23-20(24)15(3)26-19-13-9-6-10-16(19)5-2/h6-13,15H,4-5,14H2,1-3H3,(H,22,25)(H,23,24)/t15-/m0/s1. The fourth-order valence-electron chi connectivity index (χ4n) is 2.51. The van der Waals surface area contributed by atoms with Crippen molar-refractivity contribution in [3.63, 3.8) is 0 Å². The Morgan fingerprint density at radius 2 is 1.73 bits per heavy atom. The van der Waals surface area contributed by atoms with Gasteiger partial charge in [-0.1, -0.05) is 44.2 Å². The summed E-state index contributed by atoms with van der Waals surface area (Å²) in [6.07, 6.45) is 0.988. The van der Waals surface area contributed by atoms with E-state index in [-0.39, 0.29) is 11.8 Å². The Kier molecular flexibility index (Phi) is 7.21. The molecule has 0 radical (unpaired) electrons. The normalized spacial score (nSPS) is 11.5. The molecule has 1 atom stereocenters. The van der Waals surface area contributed by atoms with Crippen LogP contribution in [0.3, 0.4) is 0 Å². The smallest absolute Gasteiger partial charge is 0.265 e. The van der Waals surface area contributed by atoms with E-state index in [0.29, 0.717) is 23.5 Å². The van der Waals surface area contributed by atoms with Gasteiger partial charge in [0.15, 0.2) is 6.10 Å². The molecule has 2 aromatic carbocycles. The van der Waals surface area contributed by atoms with Crippen LogP contribution >= 0.6 is 0 Å². The van der Waals surface area contributed by atoms with Crippen LogP contribution in [0.25, 0.3) is 0 Å². The molecule has 2 rings (SSSR count). The second-order valence-electron chi connectivity index (χ2n) is 6.01. The molecule has 138 valence electrons. The van der Waals surface area contributed by atoms with Crippen molar-refractivity contribution in [3.8, 4) is 5.75 Å². The summed E-state index contributed by atoms with van der Waals surface area (Å²) in [6, 6.07) is 14.6. The van der Waals surface area contributed by atoms with Crippen molar-refractivity contribution >= 4 is 17.5 Å². The van der Waals surface area contributed by atoms with Gasteiger partial charge < -0.3 is 15.4 Å². The monoisotopic (exact) mass is 354 g/mol. The summed E-state index contributed by atoms with van der Waals surface area (Å²) in [5.74, 6) is 0.200. The third-order valence-corrected chi connectivity index (χ3v) is 3.99. The predicted molar refractivity (Wildman–Crippen MR) is 104 cm³/mol. The Balaban J connectivity index is 2.08. The van der Waals surface area contributed by atoms with Gasteiger partial charge in [-0.2, -0.15) is 0 Å². The van der Waals surface area contributed by atoms with E-state index < -0.39 is 6.10 Å². The minimum absolute atomic E-state index is 0.201. The van der Waals surface area contributed by atoms with Crippen molar-refractivity contribution in [2.24, 2.45) is 0 Å². The Morgan fingerprint density at radius 1 is 1.04 bits per heavy atom. The summed E-state index contributed by atoms with van der Waals surface area (Å²) < 4.78 is 5.82. The topological polar surface area (TPSA) is 67.4 Å². The number of amides is 2. The summed E-state index contributed by atoms with van der Waals surface area (Å²) >= 11 is 0. The number of para-hydroxylation sites is 2. The maximum Gasteiger partial charge on any atom is 0.265 e. The molecule has 0 unspecified atom stereocenters. The Morgan fingerprint density at radius 3 is 2.46 bits per heavy atom. The number of carbonyl (C=O) groups excluding carboxylic acids is 2. The van der Waals surface area contributed by atoms with E-state index >= 15 is 0 Å². The van der Waals surface area contributed by atoms with Crippen molar-refractivity contribution in [3.05, 3.63) is 59.7 Å². The molecular weight excluding hydrogens is 328 g/mol. The molecule has 0 saturated heterocycles. The van der Waals surface area contributed by atoms with E-state index in [0.717, 1.165) is 18.4 Å². The number of aryl methyl sites for hydroxylation is 1. The zero-order chi connectivity index (χ0) is 18.9. The van der Waals surface area contributed by atoms with Crippen molar-refractivity contribution in [1.82, 2.24) is 5.32 Å². The first-order valence-corrected chi connectivity index (χ1v) is 8.99. The fourth-order valence-corrected chi connectivity index (χ4v) is 2.51. The number of ether oxygens (including phenoxy) is 1. The van der Waals surface area contributed by atoms with Gasteiger partial charge in [0.2, 0.25) is 0 Å². The number of anilines is 1. The highest BCUT2D eigenvalue weighted by atomic mass is 16.5. The zero-order valence-corrected chi connectivity index (χ0v) is 15.5. The SMILES string of the molecule is CCCNC(=O)c1ccccc1NC(=O)[C@H](C)Oc1ccccc1CC. The third kappa shape index (κ3) is 5.09. The van der Waals surface area contributed by atoms with E-state index in [1.54, 1.807) is 31.2 Å². The van der Waals surface area contributed by atoms with Crippen LogP contribution in [-0.2, 0) is 11.2 Å². The highest BCUT2D eigenvalue weighted by molar-refractivity contribution is 6.04. The molecule has 0 aliphatic heterocycles. The molecule has 0 aliphatic carbocycles. The van der Waals surface area contributed by atoms with Gasteiger partial charge >= 0.3 is 0 Å². The number of rotatable bonds is 8. The molecule has 5 nitrogen and oxygen atoms in total. The molecule has 0 fully saturated rings. The number of benzene rings is 2. The summed E-state index contributed by atoms with van der Waals surface area (Å²) in [7, 11) is 0. The number of carbonyl (C=O) groups is 2. The molecule has 0 spiro atoms. The van der Waals surface area contributed by atoms with Crippen molar-refractivity contribution in [1.29, 1.82) is 0 Å². The van der Waals surface area contributed by atoms with Gasteiger partial charge in [0.1, 0.15) is 5.75 Å². The molecule has 2 N–H and O–H groups in total. The van der Waals surface area contributed by atoms with E-state index in [1.165, 1.54) is 0 Å². The van der Waals surface area contributed by atoms with Gasteiger partial charge in [0.25, 0.3) is 11.8 Å². The molecule has 26 heavy (non-hydrogen) atoms. The summed E-state index contributed by atoms with van der Waals surface area (Å²) in [5.41, 5.74) is 1.97. The van der Waals surface area contributed by atoms with Crippen molar-refractivity contribution in [2.45, 2.75) is 39.7 Å². The van der Waals surface area contributed by atoms with Crippen LogP contribution in [-0.4, -0.2) is 24.5 Å². The number of hydrogen-bond donors (Lipinski definition) is 2. The van der Waals surface area contributed by atoms with Gasteiger partial charge in [-0.25, -0.2) is 0 Å². The first kappa shape index (κ1) is 19.5. The van der Waals surface area contributed by atoms with E-state index in [9.17, 15) is 9.59 Å². The number of nitrogens with one attached hydrogen (secondary N) is 2. The molecule has 0 aromatic heterocycles. The average molecular weight is 354 g/mol. The lowest BCUT2D eigenvalue weighted by molar-refractivity contribution is -0.122. The van der Waals surface area contributed by atoms with E-state index in [1.807, 2.05) is 38.1 Å². The van der Waals surface area contributed by atoms with Crippen molar-refractivity contribution < 1.29 is 14.3 Å². The lowest BCUT2D eigenvalue weighted by Crippen LogP contribution is -2.32. The van der Waals surface area contributed by atoms with Crippen LogP contribution in [0.4, 0.5) is 5.69 Å². The molecule has 2 aromatic rings. The summed E-state index contributed by atoms with van der Waals surface area (Å²) in [5, 5.41) is 5.63. The Labute approximate surface area is 154 Å². The van der Waals surface area contributed by atoms with Gasteiger partial charge in [-0.3, -0.25) is 9.59 Å². The van der Waals surface area contributed by atoms with Crippen LogP contribution in [0.5, 0.6) is 5.75 Å². The quantitative estimate of drug-likeness (QED) is 0.758.